The van der Waals surface area contributed by atoms with E-state index in [0.717, 1.165) is 10.3 Å². The number of aliphatic hydroxyl groups is 1. The molecule has 1 aromatic heterocycles. The Hall–Kier alpha value is -4.63. The van der Waals surface area contributed by atoms with Crippen molar-refractivity contribution in [3.05, 3.63) is 95.6 Å². The molecule has 5 rings (SSSR count). The Morgan fingerprint density at radius 2 is 1.90 bits per heavy atom. The molecule has 4 aromatic rings. The van der Waals surface area contributed by atoms with E-state index in [2.05, 4.69) is 11.6 Å². The number of methoxy groups -OCH3 is 2. The summed E-state index contributed by atoms with van der Waals surface area (Å²) in [7, 11) is 3.13. The Morgan fingerprint density at radius 1 is 1.08 bits per heavy atom. The quantitative estimate of drug-likeness (QED) is 0.130. The second-order valence-electron chi connectivity index (χ2n) is 8.86. The van der Waals surface area contributed by atoms with Crippen molar-refractivity contribution in [2.75, 3.05) is 25.7 Å². The zero-order valence-electron chi connectivity index (χ0n) is 21.6. The lowest BCUT2D eigenvalue weighted by atomic mass is 9.94. The molecule has 1 atom stereocenters. The van der Waals surface area contributed by atoms with Gasteiger partial charge in [0.2, 0.25) is 0 Å². The number of ketones is 1. The van der Waals surface area contributed by atoms with Gasteiger partial charge in [0, 0.05) is 5.56 Å². The van der Waals surface area contributed by atoms with Crippen LogP contribution in [0.15, 0.2) is 78.9 Å². The summed E-state index contributed by atoms with van der Waals surface area (Å²) < 4.78 is 17.2. The molecule has 1 aliphatic rings. The number of amides is 1. The van der Waals surface area contributed by atoms with Crippen molar-refractivity contribution in [2.24, 2.45) is 0 Å². The van der Waals surface area contributed by atoms with Crippen LogP contribution in [0.1, 0.15) is 22.7 Å². The second-order valence-corrected chi connectivity index (χ2v) is 9.86. The molecule has 39 heavy (non-hydrogen) atoms. The average molecular weight is 543 g/mol. The van der Waals surface area contributed by atoms with Gasteiger partial charge in [-0.15, -0.1) is 0 Å². The minimum atomic E-state index is -0.942. The molecule has 1 aliphatic heterocycles. The van der Waals surface area contributed by atoms with Crippen molar-refractivity contribution in [3.8, 4) is 17.2 Å². The van der Waals surface area contributed by atoms with E-state index in [4.69, 9.17) is 14.2 Å². The molecule has 8 nitrogen and oxygen atoms in total. The van der Waals surface area contributed by atoms with Crippen molar-refractivity contribution in [2.45, 2.75) is 13.0 Å². The predicted octanol–water partition coefficient (Wildman–Crippen LogP) is 5.81. The Labute approximate surface area is 229 Å². The molecule has 1 N–H and O–H groups in total. The number of carbonyl (C=O) groups is 2. The van der Waals surface area contributed by atoms with Gasteiger partial charge < -0.3 is 19.3 Å². The van der Waals surface area contributed by atoms with E-state index >= 15 is 0 Å². The van der Waals surface area contributed by atoms with E-state index in [9.17, 15) is 14.7 Å². The summed E-state index contributed by atoms with van der Waals surface area (Å²) in [6.07, 6.45) is 1.63. The molecule has 9 heteroatoms. The van der Waals surface area contributed by atoms with Crippen LogP contribution in [0.3, 0.4) is 0 Å². The molecule has 0 aliphatic carbocycles. The smallest absolute Gasteiger partial charge is 0.301 e. The van der Waals surface area contributed by atoms with Crippen LogP contribution in [0, 0.1) is 6.92 Å². The molecule has 1 amide bonds. The third kappa shape index (κ3) is 4.72. The van der Waals surface area contributed by atoms with Gasteiger partial charge in [-0.05, 0) is 66.6 Å². The maximum atomic E-state index is 13.6. The van der Waals surface area contributed by atoms with Gasteiger partial charge in [-0.3, -0.25) is 14.5 Å². The first-order valence-corrected chi connectivity index (χ1v) is 12.9. The van der Waals surface area contributed by atoms with Crippen molar-refractivity contribution in [1.82, 2.24) is 4.98 Å². The molecule has 0 unspecified atom stereocenters. The maximum absolute atomic E-state index is 13.6. The van der Waals surface area contributed by atoms with E-state index in [1.807, 2.05) is 13.0 Å². The summed E-state index contributed by atoms with van der Waals surface area (Å²) in [6, 6.07) is 16.6. The number of anilines is 1. The first-order chi connectivity index (χ1) is 18.9. The fourth-order valence-electron chi connectivity index (χ4n) is 4.58. The largest absolute Gasteiger partial charge is 0.507 e. The SMILES string of the molecule is C=CCOc1cccc([C@H]2/C(=C(\O)c3ccc(OC)c(C)c3)C(=O)C(=O)N2c2nc3ccc(OC)cc3s2)c1. The van der Waals surface area contributed by atoms with Gasteiger partial charge >= 0.3 is 5.91 Å². The normalized spacial score (nSPS) is 16.5. The van der Waals surface area contributed by atoms with Crippen LogP contribution >= 0.6 is 11.3 Å². The zero-order chi connectivity index (χ0) is 27.7. The molecule has 0 radical (unpaired) electrons. The lowest BCUT2D eigenvalue weighted by Gasteiger charge is -2.23. The molecule has 0 bridgehead atoms. The van der Waals surface area contributed by atoms with Gasteiger partial charge in [-0.2, -0.15) is 0 Å². The van der Waals surface area contributed by atoms with Gasteiger partial charge in [0.15, 0.2) is 5.13 Å². The molecule has 1 saturated heterocycles. The number of aliphatic hydroxyl groups excluding tert-OH is 1. The molecular formula is C30H26N2O6S. The number of rotatable bonds is 8. The Kier molecular flexibility index (Phi) is 7.08. The van der Waals surface area contributed by atoms with Crippen LogP contribution < -0.4 is 19.1 Å². The number of aryl methyl sites for hydroxylation is 1. The highest BCUT2D eigenvalue weighted by Gasteiger charge is 2.48. The summed E-state index contributed by atoms with van der Waals surface area (Å²) in [5, 5.41) is 11.8. The highest BCUT2D eigenvalue weighted by molar-refractivity contribution is 7.22. The number of benzene rings is 3. The number of thiazole rings is 1. The van der Waals surface area contributed by atoms with Gasteiger partial charge in [-0.25, -0.2) is 4.98 Å². The molecule has 0 saturated carbocycles. The summed E-state index contributed by atoms with van der Waals surface area (Å²) >= 11 is 1.26. The predicted molar refractivity (Wildman–Crippen MR) is 151 cm³/mol. The fourth-order valence-corrected chi connectivity index (χ4v) is 5.60. The summed E-state index contributed by atoms with van der Waals surface area (Å²) in [5.74, 6) is -0.0478. The van der Waals surface area contributed by atoms with Gasteiger partial charge in [-0.1, -0.05) is 36.1 Å². The van der Waals surface area contributed by atoms with Crippen molar-refractivity contribution >= 4 is 44.1 Å². The number of nitrogens with zero attached hydrogens (tertiary/aromatic N) is 2. The molecule has 3 aromatic carbocycles. The number of aromatic nitrogens is 1. The van der Waals surface area contributed by atoms with Crippen LogP contribution in [0.5, 0.6) is 17.2 Å². The Balaban J connectivity index is 1.70. The molecule has 2 heterocycles. The van der Waals surface area contributed by atoms with Crippen molar-refractivity contribution in [3.63, 3.8) is 0 Å². The number of hydrogen-bond acceptors (Lipinski definition) is 8. The second kappa shape index (κ2) is 10.6. The number of hydrogen-bond donors (Lipinski definition) is 1. The summed E-state index contributed by atoms with van der Waals surface area (Å²) in [6.45, 7) is 5.80. The number of Topliss-reactive ketones (excluding diaryl/α,β-unsaturated/α-hetero) is 1. The monoisotopic (exact) mass is 542 g/mol. The minimum absolute atomic E-state index is 0.0396. The summed E-state index contributed by atoms with van der Waals surface area (Å²) in [5.41, 5.74) is 2.36. The van der Waals surface area contributed by atoms with Crippen LogP contribution in [-0.4, -0.2) is 42.6 Å². The van der Waals surface area contributed by atoms with Crippen LogP contribution in [0.25, 0.3) is 16.0 Å². The van der Waals surface area contributed by atoms with E-state index < -0.39 is 17.7 Å². The third-order valence-corrected chi connectivity index (χ3v) is 7.46. The van der Waals surface area contributed by atoms with Gasteiger partial charge in [0.25, 0.3) is 5.78 Å². The highest BCUT2D eigenvalue weighted by Crippen LogP contribution is 2.45. The van der Waals surface area contributed by atoms with Crippen LogP contribution in [0.2, 0.25) is 0 Å². The van der Waals surface area contributed by atoms with Gasteiger partial charge in [0.1, 0.15) is 29.6 Å². The van der Waals surface area contributed by atoms with Gasteiger partial charge in [0.05, 0.1) is 36.1 Å². The topological polar surface area (TPSA) is 98.2 Å². The molecular weight excluding hydrogens is 516 g/mol. The number of ether oxygens (including phenoxy) is 3. The molecule has 0 spiro atoms. The third-order valence-electron chi connectivity index (χ3n) is 6.44. The first-order valence-electron chi connectivity index (χ1n) is 12.1. The van der Waals surface area contributed by atoms with Crippen molar-refractivity contribution in [1.29, 1.82) is 0 Å². The summed E-state index contributed by atoms with van der Waals surface area (Å²) in [4.78, 5) is 33.1. The van der Waals surface area contributed by atoms with Crippen LogP contribution in [0.4, 0.5) is 5.13 Å². The van der Waals surface area contributed by atoms with E-state index in [1.54, 1.807) is 74.9 Å². The van der Waals surface area contributed by atoms with Crippen molar-refractivity contribution < 1.29 is 28.9 Å². The molecule has 1 fully saturated rings. The lowest BCUT2D eigenvalue weighted by molar-refractivity contribution is -0.132. The first kappa shape index (κ1) is 26.0. The number of carbonyl (C=O) groups excluding carboxylic acids is 2. The molecule has 198 valence electrons. The standard InChI is InChI=1S/C30H26N2O6S/c1-5-13-38-21-8-6-7-18(15-21)26-25(27(33)19-9-12-23(37-4)17(2)14-19)28(34)29(35)32(26)30-31-22-11-10-20(36-3)16-24(22)39-30/h5-12,14-16,26,33H,1,13H2,2-4H3/b27-25+/t26-/m0/s1. The minimum Gasteiger partial charge on any atom is -0.507 e. The Morgan fingerprint density at radius 3 is 2.62 bits per heavy atom. The highest BCUT2D eigenvalue weighted by atomic mass is 32.1. The van der Waals surface area contributed by atoms with Crippen LogP contribution in [-0.2, 0) is 9.59 Å². The zero-order valence-corrected chi connectivity index (χ0v) is 22.5. The van der Waals surface area contributed by atoms with E-state index in [0.29, 0.717) is 39.0 Å². The maximum Gasteiger partial charge on any atom is 0.301 e. The van der Waals surface area contributed by atoms with E-state index in [1.165, 1.54) is 16.2 Å². The lowest BCUT2D eigenvalue weighted by Crippen LogP contribution is -2.29. The fraction of sp³-hybridized carbons (Fsp3) is 0.167. The van der Waals surface area contributed by atoms with E-state index in [-0.39, 0.29) is 17.9 Å². The number of fused-ring (bicyclic) bond motifs is 1. The Bertz CT molecular complexity index is 1640. The average Bonchev–Trinajstić information content (AvgIpc) is 3.48.